The Hall–Kier alpha value is -2.60. The summed E-state index contributed by atoms with van der Waals surface area (Å²) in [6.07, 6.45) is 5.62. The molecule has 1 N–H and O–H groups in total. The van der Waals surface area contributed by atoms with E-state index in [1.54, 1.807) is 49.8 Å². The average molecular weight is 353 g/mol. The number of pyridine rings is 1. The van der Waals surface area contributed by atoms with Crippen molar-refractivity contribution in [3.63, 3.8) is 0 Å². The van der Waals surface area contributed by atoms with Gasteiger partial charge >= 0.3 is 0 Å². The molecule has 0 spiro atoms. The quantitative estimate of drug-likeness (QED) is 0.895. The van der Waals surface area contributed by atoms with Crippen LogP contribution in [0.15, 0.2) is 42.7 Å². The Balaban J connectivity index is 1.40. The van der Waals surface area contributed by atoms with E-state index in [1.165, 1.54) is 25.9 Å². The van der Waals surface area contributed by atoms with Crippen molar-refractivity contribution in [1.29, 1.82) is 0 Å². The highest BCUT2D eigenvalue weighted by Gasteiger charge is 2.34. The van der Waals surface area contributed by atoms with Crippen LogP contribution >= 0.6 is 0 Å². The lowest BCUT2D eigenvalue weighted by atomic mass is 9.84. The molecule has 136 valence electrons. The topological polar surface area (TPSA) is 63.7 Å². The van der Waals surface area contributed by atoms with Gasteiger partial charge in [0.2, 0.25) is 0 Å². The van der Waals surface area contributed by atoms with Gasteiger partial charge in [0.05, 0.1) is 13.3 Å². The Morgan fingerprint density at radius 2 is 1.92 bits per heavy atom. The average Bonchev–Trinajstić information content (AvgIpc) is 2.70. The van der Waals surface area contributed by atoms with Crippen molar-refractivity contribution in [2.75, 3.05) is 26.7 Å². The highest BCUT2D eigenvalue weighted by molar-refractivity contribution is 5.94. The Labute approximate surface area is 153 Å². The predicted octanol–water partition coefficient (Wildman–Crippen LogP) is 2.71. The van der Waals surface area contributed by atoms with Crippen LogP contribution in [0.4, 0.5) is 0 Å². The lowest BCUT2D eigenvalue weighted by Crippen LogP contribution is -2.57. The number of nitrogens with zero attached hydrogens (tertiary/aromatic N) is 2. The molecule has 5 rings (SSSR count). The molecule has 4 heterocycles. The number of benzene rings is 1. The van der Waals surface area contributed by atoms with Crippen molar-refractivity contribution in [1.82, 2.24) is 15.2 Å². The fraction of sp³-hybridized carbons (Fsp3) is 0.400. The molecule has 1 amide bonds. The molecule has 6 nitrogen and oxygen atoms in total. The zero-order valence-electron chi connectivity index (χ0n) is 14.9. The molecule has 3 fully saturated rings. The number of ether oxygens (including phenoxy) is 2. The Bertz CT molecular complexity index is 770. The zero-order valence-corrected chi connectivity index (χ0v) is 14.9. The van der Waals surface area contributed by atoms with Crippen LogP contribution in [0.3, 0.4) is 0 Å². The van der Waals surface area contributed by atoms with Gasteiger partial charge in [0.1, 0.15) is 5.75 Å². The maximum Gasteiger partial charge on any atom is 0.251 e. The highest BCUT2D eigenvalue weighted by atomic mass is 16.5. The summed E-state index contributed by atoms with van der Waals surface area (Å²) in [5.41, 5.74) is 0.649. The number of fused-ring (bicyclic) bond motifs is 3. The second-order valence-electron chi connectivity index (χ2n) is 6.87. The molecule has 0 radical (unpaired) electrons. The van der Waals surface area contributed by atoms with E-state index in [0.29, 0.717) is 28.7 Å². The zero-order chi connectivity index (χ0) is 17.9. The van der Waals surface area contributed by atoms with E-state index < -0.39 is 0 Å². The van der Waals surface area contributed by atoms with Gasteiger partial charge in [-0.2, -0.15) is 0 Å². The molecule has 3 aliphatic rings. The van der Waals surface area contributed by atoms with Crippen LogP contribution in [0.2, 0.25) is 0 Å². The van der Waals surface area contributed by atoms with Crippen molar-refractivity contribution in [3.8, 4) is 17.2 Å². The first kappa shape index (κ1) is 16.8. The summed E-state index contributed by atoms with van der Waals surface area (Å²) in [6, 6.07) is 9.19. The van der Waals surface area contributed by atoms with Gasteiger partial charge in [-0.15, -0.1) is 0 Å². The van der Waals surface area contributed by atoms with Crippen LogP contribution in [-0.2, 0) is 0 Å². The van der Waals surface area contributed by atoms with Gasteiger partial charge in [0, 0.05) is 30.4 Å². The monoisotopic (exact) mass is 353 g/mol. The molecule has 3 aliphatic heterocycles. The minimum Gasteiger partial charge on any atom is -0.491 e. The van der Waals surface area contributed by atoms with Gasteiger partial charge in [-0.1, -0.05) is 0 Å². The van der Waals surface area contributed by atoms with Crippen molar-refractivity contribution >= 4 is 5.91 Å². The van der Waals surface area contributed by atoms with Gasteiger partial charge in [-0.3, -0.25) is 9.78 Å². The minimum atomic E-state index is -0.0169. The summed E-state index contributed by atoms with van der Waals surface area (Å²) in [4.78, 5) is 19.0. The van der Waals surface area contributed by atoms with Gasteiger partial charge in [-0.05, 0) is 56.1 Å². The number of amides is 1. The number of rotatable bonds is 5. The van der Waals surface area contributed by atoms with E-state index in [1.807, 2.05) is 0 Å². The number of hydrogen-bond donors (Lipinski definition) is 1. The van der Waals surface area contributed by atoms with Crippen LogP contribution in [0.1, 0.15) is 23.2 Å². The number of methoxy groups -OCH3 is 1. The summed E-state index contributed by atoms with van der Waals surface area (Å²) >= 11 is 0. The molecule has 26 heavy (non-hydrogen) atoms. The van der Waals surface area contributed by atoms with Crippen LogP contribution in [-0.4, -0.2) is 48.6 Å². The van der Waals surface area contributed by atoms with Crippen molar-refractivity contribution < 1.29 is 14.3 Å². The summed E-state index contributed by atoms with van der Waals surface area (Å²) < 4.78 is 11.1. The van der Waals surface area contributed by atoms with Gasteiger partial charge < -0.3 is 19.7 Å². The molecule has 1 aromatic heterocycles. The van der Waals surface area contributed by atoms with Crippen LogP contribution in [0.5, 0.6) is 17.2 Å². The summed E-state index contributed by atoms with van der Waals surface area (Å²) in [6.45, 7) is 3.31. The Morgan fingerprint density at radius 3 is 2.58 bits per heavy atom. The summed E-state index contributed by atoms with van der Waals surface area (Å²) in [7, 11) is 1.58. The first-order valence-electron chi connectivity index (χ1n) is 9.02. The molecular weight excluding hydrogens is 330 g/mol. The van der Waals surface area contributed by atoms with Crippen molar-refractivity contribution in [3.05, 3.63) is 48.3 Å². The molecule has 2 bridgehead atoms. The van der Waals surface area contributed by atoms with E-state index in [-0.39, 0.29) is 11.9 Å². The van der Waals surface area contributed by atoms with E-state index >= 15 is 0 Å². The van der Waals surface area contributed by atoms with E-state index in [4.69, 9.17) is 9.47 Å². The third-order valence-electron chi connectivity index (χ3n) is 5.28. The maximum atomic E-state index is 12.6. The Kier molecular flexibility index (Phi) is 4.75. The minimum absolute atomic E-state index is 0.0169. The largest absolute Gasteiger partial charge is 0.491 e. The molecule has 6 heteroatoms. The number of nitrogens with one attached hydrogen (secondary N) is 1. The van der Waals surface area contributed by atoms with Gasteiger partial charge in [-0.25, -0.2) is 0 Å². The molecule has 3 saturated heterocycles. The second kappa shape index (κ2) is 7.33. The molecule has 1 aromatic carbocycles. The lowest BCUT2D eigenvalue weighted by molar-refractivity contribution is 0.0620. The first-order valence-corrected chi connectivity index (χ1v) is 9.02. The first-order chi connectivity index (χ1) is 12.7. The number of hydrogen-bond acceptors (Lipinski definition) is 5. The number of aromatic nitrogens is 1. The SMILES string of the molecule is COc1cnccc1Oc1ccc(C(=O)N[C@H]2CN3CCC2CC3)cc1. The van der Waals surface area contributed by atoms with Gasteiger partial charge in [0.25, 0.3) is 5.91 Å². The van der Waals surface area contributed by atoms with Gasteiger partial charge in [0.15, 0.2) is 11.5 Å². The predicted molar refractivity (Wildman–Crippen MR) is 97.7 cm³/mol. The van der Waals surface area contributed by atoms with Crippen LogP contribution < -0.4 is 14.8 Å². The third-order valence-corrected chi connectivity index (χ3v) is 5.28. The molecular formula is C20H23N3O3. The smallest absolute Gasteiger partial charge is 0.251 e. The molecule has 1 atom stereocenters. The van der Waals surface area contributed by atoms with Crippen LogP contribution in [0, 0.1) is 5.92 Å². The normalized spacial score (nSPS) is 24.1. The summed E-state index contributed by atoms with van der Waals surface area (Å²) in [5, 5.41) is 3.20. The fourth-order valence-corrected chi connectivity index (χ4v) is 3.79. The van der Waals surface area contributed by atoms with Crippen LogP contribution in [0.25, 0.3) is 0 Å². The second-order valence-corrected chi connectivity index (χ2v) is 6.87. The molecule has 2 aromatic rings. The third kappa shape index (κ3) is 3.51. The number of carbonyl (C=O) groups is 1. The van der Waals surface area contributed by atoms with Crippen molar-refractivity contribution in [2.45, 2.75) is 18.9 Å². The molecule has 0 saturated carbocycles. The maximum absolute atomic E-state index is 12.6. The molecule has 0 aliphatic carbocycles. The number of carbonyl (C=O) groups excluding carboxylic acids is 1. The summed E-state index contributed by atoms with van der Waals surface area (Å²) in [5.74, 6) is 2.40. The highest BCUT2D eigenvalue weighted by Crippen LogP contribution is 2.30. The number of piperidine rings is 3. The van der Waals surface area contributed by atoms with E-state index in [9.17, 15) is 4.79 Å². The standard InChI is InChI=1S/C20H23N3O3/c1-25-19-12-21-9-6-18(19)26-16-4-2-15(3-5-16)20(24)22-17-13-23-10-7-14(17)8-11-23/h2-6,9,12,14,17H,7-8,10-11,13H2,1H3,(H,22,24)/t17-/m0/s1. The lowest BCUT2D eigenvalue weighted by Gasteiger charge is -2.44. The molecule has 0 unspecified atom stereocenters. The van der Waals surface area contributed by atoms with Crippen molar-refractivity contribution in [2.24, 2.45) is 5.92 Å². The fourth-order valence-electron chi connectivity index (χ4n) is 3.79. The Morgan fingerprint density at radius 1 is 1.15 bits per heavy atom. The van der Waals surface area contributed by atoms with E-state index in [0.717, 1.165) is 6.54 Å². The van der Waals surface area contributed by atoms with E-state index in [2.05, 4.69) is 15.2 Å².